The molecule has 5 heteroatoms. The highest BCUT2D eigenvalue weighted by molar-refractivity contribution is 9.10. The molecule has 1 saturated heterocycles. The van der Waals surface area contributed by atoms with E-state index in [2.05, 4.69) is 20.8 Å². The maximum absolute atomic E-state index is 13.6. The first-order valence-corrected chi connectivity index (χ1v) is 7.52. The summed E-state index contributed by atoms with van der Waals surface area (Å²) in [5, 5.41) is 0. The number of halogens is 2. The Balaban J connectivity index is 1.97. The van der Waals surface area contributed by atoms with E-state index in [0.717, 1.165) is 16.6 Å². The predicted octanol–water partition coefficient (Wildman–Crippen LogP) is 2.45. The molecule has 19 heavy (non-hydrogen) atoms. The summed E-state index contributed by atoms with van der Waals surface area (Å²) in [6.45, 7) is 2.06. The molecule has 1 aromatic carbocycles. The molecule has 0 aromatic heterocycles. The summed E-state index contributed by atoms with van der Waals surface area (Å²) >= 11 is 3.53. The summed E-state index contributed by atoms with van der Waals surface area (Å²) in [7, 11) is 0. The summed E-state index contributed by atoms with van der Waals surface area (Å²) in [5.41, 5.74) is 6.79. The number of benzene rings is 1. The van der Waals surface area contributed by atoms with Crippen molar-refractivity contribution in [2.24, 2.45) is 5.73 Å². The molecule has 1 saturated carbocycles. The van der Waals surface area contributed by atoms with Crippen LogP contribution in [0.1, 0.15) is 24.4 Å². The first-order valence-electron chi connectivity index (χ1n) is 6.73. The van der Waals surface area contributed by atoms with E-state index in [1.807, 2.05) is 0 Å². The van der Waals surface area contributed by atoms with Crippen LogP contribution in [-0.4, -0.2) is 36.7 Å². The summed E-state index contributed by atoms with van der Waals surface area (Å²) in [4.78, 5) is 2.43. The zero-order chi connectivity index (χ0) is 13.4. The van der Waals surface area contributed by atoms with Crippen LogP contribution < -0.4 is 5.73 Å². The van der Waals surface area contributed by atoms with E-state index >= 15 is 0 Å². The fourth-order valence-electron chi connectivity index (χ4n) is 2.89. The summed E-state index contributed by atoms with van der Waals surface area (Å²) in [6.07, 6.45) is 2.38. The van der Waals surface area contributed by atoms with Crippen molar-refractivity contribution in [3.8, 4) is 0 Å². The molecule has 0 radical (unpaired) electrons. The standard InChI is InChI=1S/C14H18BrFN2O/c15-12-4-1-9(16)7-11(12)14-13(8-17)19-6-5-18(14)10-2-3-10/h1,4,7,10,13-14H,2-3,5-6,8,17H2. The van der Waals surface area contributed by atoms with Gasteiger partial charge in [-0.2, -0.15) is 0 Å². The number of hydrogen-bond donors (Lipinski definition) is 1. The van der Waals surface area contributed by atoms with Gasteiger partial charge in [-0.15, -0.1) is 0 Å². The lowest BCUT2D eigenvalue weighted by atomic mass is 9.97. The molecular weight excluding hydrogens is 311 g/mol. The van der Waals surface area contributed by atoms with Gasteiger partial charge in [0.2, 0.25) is 0 Å². The number of rotatable bonds is 3. The van der Waals surface area contributed by atoms with Gasteiger partial charge in [-0.3, -0.25) is 4.90 Å². The first-order chi connectivity index (χ1) is 9.20. The third kappa shape index (κ3) is 2.70. The average Bonchev–Trinajstić information content (AvgIpc) is 3.25. The van der Waals surface area contributed by atoms with Gasteiger partial charge in [0, 0.05) is 23.6 Å². The van der Waals surface area contributed by atoms with Gasteiger partial charge in [0.15, 0.2) is 0 Å². The zero-order valence-electron chi connectivity index (χ0n) is 10.7. The third-order valence-corrected chi connectivity index (χ3v) is 4.64. The summed E-state index contributed by atoms with van der Waals surface area (Å²) in [5.74, 6) is -0.213. The third-order valence-electron chi connectivity index (χ3n) is 3.92. The van der Waals surface area contributed by atoms with E-state index in [9.17, 15) is 4.39 Å². The number of nitrogens with two attached hydrogens (primary N) is 1. The quantitative estimate of drug-likeness (QED) is 0.926. The first kappa shape index (κ1) is 13.5. The Bertz CT molecular complexity index is 467. The molecule has 2 aliphatic rings. The van der Waals surface area contributed by atoms with Gasteiger partial charge in [-0.25, -0.2) is 4.39 Å². The van der Waals surface area contributed by atoms with E-state index in [1.54, 1.807) is 12.1 Å². The molecule has 1 aromatic rings. The lowest BCUT2D eigenvalue weighted by Gasteiger charge is -2.41. The molecule has 0 amide bonds. The Morgan fingerprint density at radius 3 is 2.89 bits per heavy atom. The summed E-state index contributed by atoms with van der Waals surface area (Å²) < 4.78 is 20.3. The Labute approximate surface area is 121 Å². The van der Waals surface area contributed by atoms with Crippen LogP contribution in [0.25, 0.3) is 0 Å². The molecule has 2 atom stereocenters. The van der Waals surface area contributed by atoms with Crippen LogP contribution in [0.2, 0.25) is 0 Å². The second-order valence-electron chi connectivity index (χ2n) is 5.22. The molecule has 2 fully saturated rings. The molecule has 3 nitrogen and oxygen atoms in total. The minimum atomic E-state index is -0.213. The highest BCUT2D eigenvalue weighted by Gasteiger charge is 2.41. The monoisotopic (exact) mass is 328 g/mol. The highest BCUT2D eigenvalue weighted by atomic mass is 79.9. The number of nitrogens with zero attached hydrogens (tertiary/aromatic N) is 1. The van der Waals surface area contributed by atoms with Gasteiger partial charge in [-0.05, 0) is 36.6 Å². The Morgan fingerprint density at radius 2 is 2.21 bits per heavy atom. The zero-order valence-corrected chi connectivity index (χ0v) is 12.3. The molecule has 2 N–H and O–H groups in total. The molecule has 3 rings (SSSR count). The van der Waals surface area contributed by atoms with Gasteiger partial charge in [-0.1, -0.05) is 15.9 Å². The van der Waals surface area contributed by atoms with Crippen molar-refractivity contribution < 1.29 is 9.13 Å². The summed E-state index contributed by atoms with van der Waals surface area (Å²) in [6, 6.07) is 5.49. The molecule has 1 aliphatic heterocycles. The van der Waals surface area contributed by atoms with Crippen molar-refractivity contribution in [2.75, 3.05) is 19.7 Å². The molecule has 1 aliphatic carbocycles. The van der Waals surface area contributed by atoms with Gasteiger partial charge >= 0.3 is 0 Å². The van der Waals surface area contributed by atoms with Crippen LogP contribution in [0.4, 0.5) is 4.39 Å². The fourth-order valence-corrected chi connectivity index (χ4v) is 3.37. The Kier molecular flexibility index (Phi) is 3.89. The van der Waals surface area contributed by atoms with E-state index in [4.69, 9.17) is 10.5 Å². The van der Waals surface area contributed by atoms with Crippen LogP contribution in [0.3, 0.4) is 0 Å². The maximum atomic E-state index is 13.6. The van der Waals surface area contributed by atoms with Crippen LogP contribution in [0, 0.1) is 5.82 Å². The second kappa shape index (κ2) is 5.48. The molecule has 0 bridgehead atoms. The van der Waals surface area contributed by atoms with Crippen molar-refractivity contribution in [3.63, 3.8) is 0 Å². The number of morpholine rings is 1. The smallest absolute Gasteiger partial charge is 0.123 e. The molecule has 104 valence electrons. The van der Waals surface area contributed by atoms with Crippen LogP contribution in [0.15, 0.2) is 22.7 Å². The largest absolute Gasteiger partial charge is 0.374 e. The lowest BCUT2D eigenvalue weighted by Crippen LogP contribution is -2.49. The average molecular weight is 329 g/mol. The molecule has 1 heterocycles. The maximum Gasteiger partial charge on any atom is 0.123 e. The highest BCUT2D eigenvalue weighted by Crippen LogP contribution is 2.40. The van der Waals surface area contributed by atoms with Crippen LogP contribution in [-0.2, 0) is 4.74 Å². The normalized spacial score (nSPS) is 28.6. The van der Waals surface area contributed by atoms with Crippen molar-refractivity contribution in [1.29, 1.82) is 0 Å². The fraction of sp³-hybridized carbons (Fsp3) is 0.571. The molecule has 2 unspecified atom stereocenters. The van der Waals surface area contributed by atoms with E-state index in [1.165, 1.54) is 18.9 Å². The molecular formula is C14H18BrFN2O. The van der Waals surface area contributed by atoms with E-state index in [-0.39, 0.29) is 18.0 Å². The minimum absolute atomic E-state index is 0.0522. The van der Waals surface area contributed by atoms with Crippen molar-refractivity contribution >= 4 is 15.9 Å². The minimum Gasteiger partial charge on any atom is -0.374 e. The Hall–Kier alpha value is -0.490. The SMILES string of the molecule is NCC1OCCN(C2CC2)C1c1cc(F)ccc1Br. The number of hydrogen-bond acceptors (Lipinski definition) is 3. The Morgan fingerprint density at radius 1 is 1.42 bits per heavy atom. The van der Waals surface area contributed by atoms with E-state index in [0.29, 0.717) is 19.2 Å². The van der Waals surface area contributed by atoms with Gasteiger partial charge in [0.1, 0.15) is 5.82 Å². The van der Waals surface area contributed by atoms with Crippen molar-refractivity contribution in [1.82, 2.24) is 4.90 Å². The van der Waals surface area contributed by atoms with Gasteiger partial charge in [0.25, 0.3) is 0 Å². The predicted molar refractivity (Wildman–Crippen MR) is 75.4 cm³/mol. The van der Waals surface area contributed by atoms with Crippen molar-refractivity contribution in [2.45, 2.75) is 31.0 Å². The van der Waals surface area contributed by atoms with Crippen LogP contribution in [0.5, 0.6) is 0 Å². The number of ether oxygens (including phenoxy) is 1. The van der Waals surface area contributed by atoms with Gasteiger partial charge in [0.05, 0.1) is 18.8 Å². The van der Waals surface area contributed by atoms with Crippen LogP contribution >= 0.6 is 15.9 Å². The van der Waals surface area contributed by atoms with Gasteiger partial charge < -0.3 is 10.5 Å². The second-order valence-corrected chi connectivity index (χ2v) is 6.08. The molecule has 0 spiro atoms. The lowest BCUT2D eigenvalue weighted by molar-refractivity contribution is -0.0715. The van der Waals surface area contributed by atoms with Crippen molar-refractivity contribution in [3.05, 3.63) is 34.1 Å². The topological polar surface area (TPSA) is 38.5 Å². The van der Waals surface area contributed by atoms with E-state index < -0.39 is 0 Å².